The van der Waals surface area contributed by atoms with Gasteiger partial charge in [0.15, 0.2) is 0 Å². The zero-order valence-corrected chi connectivity index (χ0v) is 12.6. The van der Waals surface area contributed by atoms with E-state index in [2.05, 4.69) is 5.32 Å². The average Bonchev–Trinajstić information content (AvgIpc) is 2.46. The summed E-state index contributed by atoms with van der Waals surface area (Å²) in [7, 11) is 0. The second-order valence-corrected chi connectivity index (χ2v) is 5.28. The molecular weight excluding hydrogens is 307 g/mol. The zero-order valence-electron chi connectivity index (χ0n) is 12.6. The monoisotopic (exact) mass is 323 g/mol. The molecule has 23 heavy (non-hydrogen) atoms. The lowest BCUT2D eigenvalue weighted by Gasteiger charge is -2.11. The second kappa shape index (κ2) is 6.73. The van der Waals surface area contributed by atoms with E-state index in [9.17, 15) is 18.0 Å². The van der Waals surface area contributed by atoms with Crippen LogP contribution in [0.4, 0.5) is 13.2 Å². The van der Waals surface area contributed by atoms with Gasteiger partial charge in [-0.15, -0.1) is 0 Å². The van der Waals surface area contributed by atoms with Crippen molar-refractivity contribution in [2.24, 2.45) is 0 Å². The Bertz CT molecular complexity index is 696. The van der Waals surface area contributed by atoms with Crippen molar-refractivity contribution in [2.45, 2.75) is 26.1 Å². The maximum atomic E-state index is 12.7. The molecule has 0 unspecified atom stereocenters. The van der Waals surface area contributed by atoms with E-state index >= 15 is 0 Å². The number of hydrogen-bond donors (Lipinski definition) is 1. The largest absolute Gasteiger partial charge is 0.457 e. The topological polar surface area (TPSA) is 38.3 Å². The highest BCUT2D eigenvalue weighted by molar-refractivity contribution is 5.94. The van der Waals surface area contributed by atoms with Crippen molar-refractivity contribution in [1.82, 2.24) is 5.32 Å². The lowest BCUT2D eigenvalue weighted by atomic mass is 10.2. The van der Waals surface area contributed by atoms with E-state index in [0.29, 0.717) is 11.3 Å². The van der Waals surface area contributed by atoms with Crippen molar-refractivity contribution in [2.75, 3.05) is 0 Å². The highest BCUT2D eigenvalue weighted by Gasteiger charge is 2.30. The molecule has 0 radical (unpaired) electrons. The molecule has 0 saturated carbocycles. The zero-order chi connectivity index (χ0) is 17.0. The highest BCUT2D eigenvalue weighted by Crippen LogP contribution is 2.32. The fourth-order valence-corrected chi connectivity index (χ4v) is 1.92. The number of alkyl halides is 3. The molecule has 0 aliphatic heterocycles. The highest BCUT2D eigenvalue weighted by atomic mass is 19.4. The number of rotatable bonds is 4. The van der Waals surface area contributed by atoms with Gasteiger partial charge in [-0.2, -0.15) is 13.2 Å². The van der Waals surface area contributed by atoms with Gasteiger partial charge in [-0.05, 0) is 50.2 Å². The summed E-state index contributed by atoms with van der Waals surface area (Å²) in [5.41, 5.74) is -0.410. The molecule has 2 aromatic carbocycles. The van der Waals surface area contributed by atoms with Gasteiger partial charge in [-0.25, -0.2) is 0 Å². The number of hydrogen-bond acceptors (Lipinski definition) is 2. The number of ether oxygens (including phenoxy) is 1. The quantitative estimate of drug-likeness (QED) is 0.890. The van der Waals surface area contributed by atoms with Crippen LogP contribution >= 0.6 is 0 Å². The van der Waals surface area contributed by atoms with Crippen molar-refractivity contribution >= 4 is 5.91 Å². The van der Waals surface area contributed by atoms with Crippen LogP contribution in [0.15, 0.2) is 48.5 Å². The van der Waals surface area contributed by atoms with Crippen LogP contribution in [0.1, 0.15) is 29.8 Å². The van der Waals surface area contributed by atoms with Gasteiger partial charge in [0.2, 0.25) is 0 Å². The Morgan fingerprint density at radius 2 is 1.65 bits per heavy atom. The fraction of sp³-hybridized carbons (Fsp3) is 0.235. The molecule has 2 rings (SSSR count). The van der Waals surface area contributed by atoms with Crippen LogP contribution < -0.4 is 10.1 Å². The lowest BCUT2D eigenvalue weighted by molar-refractivity contribution is -0.137. The smallest absolute Gasteiger partial charge is 0.416 e. The first-order valence-corrected chi connectivity index (χ1v) is 7.02. The van der Waals surface area contributed by atoms with E-state index < -0.39 is 11.7 Å². The maximum Gasteiger partial charge on any atom is 0.416 e. The molecule has 0 saturated heterocycles. The summed E-state index contributed by atoms with van der Waals surface area (Å²) < 4.78 is 43.5. The Morgan fingerprint density at radius 3 is 2.26 bits per heavy atom. The summed E-state index contributed by atoms with van der Waals surface area (Å²) in [4.78, 5) is 11.9. The van der Waals surface area contributed by atoms with Crippen molar-refractivity contribution in [3.05, 3.63) is 59.7 Å². The van der Waals surface area contributed by atoms with Gasteiger partial charge < -0.3 is 10.1 Å². The molecule has 1 amide bonds. The molecule has 2 aromatic rings. The third kappa shape index (κ3) is 4.74. The maximum absolute atomic E-state index is 12.7. The lowest BCUT2D eigenvalue weighted by Crippen LogP contribution is -2.29. The van der Waals surface area contributed by atoms with Gasteiger partial charge in [-0.3, -0.25) is 4.79 Å². The van der Waals surface area contributed by atoms with E-state index in [0.717, 1.165) is 12.1 Å². The fourth-order valence-electron chi connectivity index (χ4n) is 1.92. The average molecular weight is 323 g/mol. The predicted molar refractivity (Wildman–Crippen MR) is 80.6 cm³/mol. The SMILES string of the molecule is CC(C)NC(=O)c1cccc(Oc2cccc(C(F)(F)F)c2)c1. The van der Waals surface area contributed by atoms with Crippen LogP contribution in [-0.4, -0.2) is 11.9 Å². The second-order valence-electron chi connectivity index (χ2n) is 5.28. The van der Waals surface area contributed by atoms with Crippen molar-refractivity contribution in [3.8, 4) is 11.5 Å². The summed E-state index contributed by atoms with van der Waals surface area (Å²) in [6, 6.07) is 10.8. The Labute approximate surface area is 132 Å². The Morgan fingerprint density at radius 1 is 1.04 bits per heavy atom. The number of nitrogens with one attached hydrogen (secondary N) is 1. The summed E-state index contributed by atoms with van der Waals surface area (Å²) in [6.07, 6.45) is -4.43. The number of amides is 1. The number of carbonyl (C=O) groups is 1. The van der Waals surface area contributed by atoms with E-state index in [1.165, 1.54) is 18.2 Å². The molecule has 1 N–H and O–H groups in total. The first-order valence-electron chi connectivity index (χ1n) is 7.02. The van der Waals surface area contributed by atoms with E-state index in [-0.39, 0.29) is 17.7 Å². The Kier molecular flexibility index (Phi) is 4.93. The summed E-state index contributed by atoms with van der Waals surface area (Å²) >= 11 is 0. The Balaban J connectivity index is 2.19. The third-order valence-electron chi connectivity index (χ3n) is 2.91. The van der Waals surface area contributed by atoms with Crippen LogP contribution in [0, 0.1) is 0 Å². The number of halogens is 3. The van der Waals surface area contributed by atoms with Crippen molar-refractivity contribution < 1.29 is 22.7 Å². The Hall–Kier alpha value is -2.50. The summed E-state index contributed by atoms with van der Waals surface area (Å²) in [5, 5.41) is 2.74. The molecule has 0 fully saturated rings. The van der Waals surface area contributed by atoms with Crippen LogP contribution in [0.5, 0.6) is 11.5 Å². The van der Waals surface area contributed by atoms with Crippen molar-refractivity contribution in [1.29, 1.82) is 0 Å². The van der Waals surface area contributed by atoms with Gasteiger partial charge in [0.05, 0.1) is 5.56 Å². The minimum absolute atomic E-state index is 0.0180. The van der Waals surface area contributed by atoms with E-state index in [1.54, 1.807) is 18.2 Å². The van der Waals surface area contributed by atoms with Gasteiger partial charge >= 0.3 is 6.18 Å². The van der Waals surface area contributed by atoms with Gasteiger partial charge in [0, 0.05) is 11.6 Å². The van der Waals surface area contributed by atoms with Crippen LogP contribution in [-0.2, 0) is 6.18 Å². The van der Waals surface area contributed by atoms with Crippen LogP contribution in [0.3, 0.4) is 0 Å². The molecule has 0 bridgehead atoms. The first kappa shape index (κ1) is 16.9. The molecule has 0 aliphatic carbocycles. The van der Waals surface area contributed by atoms with Gasteiger partial charge in [-0.1, -0.05) is 12.1 Å². The van der Waals surface area contributed by atoms with E-state index in [1.807, 2.05) is 13.8 Å². The van der Waals surface area contributed by atoms with Crippen molar-refractivity contribution in [3.63, 3.8) is 0 Å². The molecular formula is C17H16F3NO2. The molecule has 3 nitrogen and oxygen atoms in total. The number of carbonyl (C=O) groups excluding carboxylic acids is 1. The first-order chi connectivity index (χ1) is 10.8. The molecule has 122 valence electrons. The van der Waals surface area contributed by atoms with Crippen LogP contribution in [0.25, 0.3) is 0 Å². The summed E-state index contributed by atoms with van der Waals surface area (Å²) in [5.74, 6) is 0.0801. The number of benzene rings is 2. The molecule has 6 heteroatoms. The van der Waals surface area contributed by atoms with E-state index in [4.69, 9.17) is 4.74 Å². The van der Waals surface area contributed by atoms with Crippen LogP contribution in [0.2, 0.25) is 0 Å². The standard InChI is InChI=1S/C17H16F3NO2/c1-11(2)21-16(22)12-5-3-7-14(9-12)23-15-8-4-6-13(10-15)17(18,19)20/h3-11H,1-2H3,(H,21,22). The minimum atomic E-state index is -4.43. The molecule has 0 aromatic heterocycles. The molecule has 0 aliphatic rings. The van der Waals surface area contributed by atoms with Gasteiger partial charge in [0.25, 0.3) is 5.91 Å². The van der Waals surface area contributed by atoms with Gasteiger partial charge in [0.1, 0.15) is 11.5 Å². The molecule has 0 atom stereocenters. The third-order valence-corrected chi connectivity index (χ3v) is 2.91. The summed E-state index contributed by atoms with van der Waals surface area (Å²) in [6.45, 7) is 3.67. The normalized spacial score (nSPS) is 11.4. The predicted octanol–water partition coefficient (Wildman–Crippen LogP) is 4.64. The molecule has 0 heterocycles. The minimum Gasteiger partial charge on any atom is -0.457 e. The molecule has 0 spiro atoms.